The Morgan fingerprint density at radius 2 is 1.93 bits per heavy atom. The Kier molecular flexibility index (Phi) is 6.29. The van der Waals surface area contributed by atoms with Crippen molar-refractivity contribution >= 4 is 22.9 Å². The first-order valence-corrected chi connectivity index (χ1v) is 9.80. The molecule has 0 saturated carbocycles. The summed E-state index contributed by atoms with van der Waals surface area (Å²) in [6.07, 6.45) is 5.43. The molecule has 0 radical (unpaired) electrons. The minimum atomic E-state index is -0.389. The third kappa shape index (κ3) is 4.77. The molecule has 1 aliphatic rings. The molecule has 1 aromatic heterocycles. The van der Waals surface area contributed by atoms with Crippen molar-refractivity contribution in [3.63, 3.8) is 0 Å². The number of aryl methyl sites for hydroxylation is 1. The molecule has 1 aliphatic heterocycles. The molecule has 1 fully saturated rings. The van der Waals surface area contributed by atoms with E-state index in [-0.39, 0.29) is 16.4 Å². The molecule has 5 nitrogen and oxygen atoms in total. The number of benzene rings is 1. The summed E-state index contributed by atoms with van der Waals surface area (Å²) in [5.41, 5.74) is 3.23. The number of carbonyl (C=O) groups excluding carboxylic acids is 2. The van der Waals surface area contributed by atoms with E-state index >= 15 is 0 Å². The molecular weight excluding hydrogens is 360 g/mol. The van der Waals surface area contributed by atoms with Crippen molar-refractivity contribution in [3.05, 3.63) is 72.2 Å². The van der Waals surface area contributed by atoms with Gasteiger partial charge in [0.2, 0.25) is 5.91 Å². The topological polar surface area (TPSA) is 59.5 Å². The van der Waals surface area contributed by atoms with Gasteiger partial charge in [0.15, 0.2) is 0 Å². The molecule has 0 N–H and O–H groups in total. The molecule has 0 unspecified atom stereocenters. The van der Waals surface area contributed by atoms with E-state index < -0.39 is 0 Å². The van der Waals surface area contributed by atoms with Crippen LogP contribution in [0.25, 0.3) is 0 Å². The van der Waals surface area contributed by atoms with E-state index in [1.807, 2.05) is 36.5 Å². The van der Waals surface area contributed by atoms with Gasteiger partial charge >= 0.3 is 0 Å². The van der Waals surface area contributed by atoms with Crippen LogP contribution in [-0.4, -0.2) is 32.9 Å². The highest BCUT2D eigenvalue weighted by Gasteiger charge is 2.37. The zero-order valence-electron chi connectivity index (χ0n) is 15.3. The van der Waals surface area contributed by atoms with Gasteiger partial charge in [-0.2, -0.15) is 0 Å². The largest absolute Gasteiger partial charge is 0.493 e. The number of imide groups is 1. The average molecular weight is 382 g/mol. The molecule has 27 heavy (non-hydrogen) atoms. The van der Waals surface area contributed by atoms with Crippen molar-refractivity contribution < 1.29 is 14.3 Å². The van der Waals surface area contributed by atoms with E-state index in [1.165, 1.54) is 11.8 Å². The van der Waals surface area contributed by atoms with Crippen LogP contribution in [-0.2, 0) is 24.1 Å². The maximum Gasteiger partial charge on any atom is 0.293 e. The maximum atomic E-state index is 12.1. The number of ether oxygens (including phenoxy) is 1. The fourth-order valence-electron chi connectivity index (χ4n) is 2.79. The van der Waals surface area contributed by atoms with Gasteiger partial charge in [-0.05, 0) is 42.2 Å². The molecule has 1 atom stereocenters. The lowest BCUT2D eigenvalue weighted by Gasteiger charge is -2.10. The molecule has 3 rings (SSSR count). The fourth-order valence-corrected chi connectivity index (χ4v) is 3.80. The van der Waals surface area contributed by atoms with Crippen molar-refractivity contribution in [2.24, 2.45) is 0 Å². The first-order valence-electron chi connectivity index (χ1n) is 8.92. The minimum Gasteiger partial charge on any atom is -0.493 e. The van der Waals surface area contributed by atoms with Gasteiger partial charge in [0.25, 0.3) is 5.24 Å². The van der Waals surface area contributed by atoms with Crippen LogP contribution in [0.4, 0.5) is 4.79 Å². The quantitative estimate of drug-likeness (QED) is 0.690. The lowest BCUT2D eigenvalue weighted by molar-refractivity contribution is -0.124. The fraction of sp³-hybridized carbons (Fsp3) is 0.286. The summed E-state index contributed by atoms with van der Waals surface area (Å²) in [5, 5.41) is -0.653. The van der Waals surface area contributed by atoms with E-state index in [9.17, 15) is 9.59 Å². The molecule has 1 saturated heterocycles. The van der Waals surface area contributed by atoms with Crippen molar-refractivity contribution in [2.45, 2.75) is 31.4 Å². The van der Waals surface area contributed by atoms with Gasteiger partial charge < -0.3 is 4.74 Å². The third-order valence-corrected chi connectivity index (χ3v) is 5.45. The molecule has 1 aromatic carbocycles. The highest BCUT2D eigenvalue weighted by molar-refractivity contribution is 8.15. The predicted molar refractivity (Wildman–Crippen MR) is 107 cm³/mol. The molecule has 0 aliphatic carbocycles. The molecule has 2 amide bonds. The second-order valence-corrected chi connectivity index (χ2v) is 7.38. The predicted octanol–water partition coefficient (Wildman–Crippen LogP) is 4.02. The van der Waals surface area contributed by atoms with Gasteiger partial charge in [-0.15, -0.1) is 0 Å². The molecule has 0 spiro atoms. The van der Waals surface area contributed by atoms with Crippen LogP contribution < -0.4 is 4.74 Å². The molecule has 2 aromatic rings. The summed E-state index contributed by atoms with van der Waals surface area (Å²) in [7, 11) is 0. The van der Waals surface area contributed by atoms with Gasteiger partial charge in [0, 0.05) is 24.5 Å². The second kappa shape index (κ2) is 8.86. The van der Waals surface area contributed by atoms with Crippen molar-refractivity contribution in [2.75, 3.05) is 6.61 Å². The summed E-state index contributed by atoms with van der Waals surface area (Å²) in [6.45, 7) is 6.17. The van der Waals surface area contributed by atoms with Crippen LogP contribution in [0.3, 0.4) is 0 Å². The van der Waals surface area contributed by atoms with Crippen LogP contribution in [0.2, 0.25) is 0 Å². The Morgan fingerprint density at radius 1 is 1.19 bits per heavy atom. The van der Waals surface area contributed by atoms with Gasteiger partial charge in [-0.25, -0.2) is 4.90 Å². The van der Waals surface area contributed by atoms with E-state index in [0.717, 1.165) is 46.5 Å². The highest BCUT2D eigenvalue weighted by atomic mass is 32.2. The summed E-state index contributed by atoms with van der Waals surface area (Å²) in [5.74, 6) is 0.569. The number of thioether (sulfide) groups is 1. The smallest absolute Gasteiger partial charge is 0.293 e. The van der Waals surface area contributed by atoms with Crippen LogP contribution in [0.5, 0.6) is 5.75 Å². The third-order valence-electron chi connectivity index (χ3n) is 4.40. The Bertz CT molecular complexity index is 818. The Labute approximate surface area is 163 Å². The SMILES string of the molecule is C=CN1C(=O)S[C@H](Cc2ccc(OCCc3ccc(CC)cn3)cc2)C1=O. The van der Waals surface area contributed by atoms with Gasteiger partial charge in [-0.3, -0.25) is 14.6 Å². The number of hydrogen-bond donors (Lipinski definition) is 0. The van der Waals surface area contributed by atoms with Gasteiger partial charge in [0.1, 0.15) is 5.75 Å². The van der Waals surface area contributed by atoms with E-state index in [4.69, 9.17) is 4.74 Å². The van der Waals surface area contributed by atoms with Crippen LogP contribution in [0.1, 0.15) is 23.7 Å². The van der Waals surface area contributed by atoms with E-state index in [2.05, 4.69) is 24.6 Å². The molecular formula is C21H22N2O3S. The molecule has 6 heteroatoms. The highest BCUT2D eigenvalue weighted by Crippen LogP contribution is 2.30. The summed E-state index contributed by atoms with van der Waals surface area (Å²) in [4.78, 5) is 29.3. The number of hydrogen-bond acceptors (Lipinski definition) is 5. The zero-order chi connectivity index (χ0) is 19.2. The Hall–Kier alpha value is -2.60. The summed E-state index contributed by atoms with van der Waals surface area (Å²) < 4.78 is 5.78. The average Bonchev–Trinajstić information content (AvgIpc) is 2.96. The number of carbonyl (C=O) groups is 2. The minimum absolute atomic E-state index is 0.207. The zero-order valence-corrected chi connectivity index (χ0v) is 16.1. The lowest BCUT2D eigenvalue weighted by Crippen LogP contribution is -2.27. The van der Waals surface area contributed by atoms with E-state index in [0.29, 0.717) is 13.0 Å². The first-order chi connectivity index (χ1) is 13.1. The summed E-state index contributed by atoms with van der Waals surface area (Å²) >= 11 is 1.05. The Balaban J connectivity index is 1.49. The van der Waals surface area contributed by atoms with Crippen LogP contribution in [0.15, 0.2) is 55.4 Å². The number of amides is 2. The van der Waals surface area contributed by atoms with Crippen molar-refractivity contribution in [3.8, 4) is 5.75 Å². The van der Waals surface area contributed by atoms with E-state index in [1.54, 1.807) is 0 Å². The monoisotopic (exact) mass is 382 g/mol. The standard InChI is InChI=1S/C21H22N2O3S/c1-3-15-5-8-17(22-14-15)11-12-26-18-9-6-16(7-10-18)13-19-20(24)23(4-2)21(25)27-19/h4-10,14,19H,2-3,11-13H2,1H3/t19-/m1/s1. The molecule has 2 heterocycles. The Morgan fingerprint density at radius 3 is 2.52 bits per heavy atom. The van der Waals surface area contributed by atoms with Gasteiger partial charge in [-0.1, -0.05) is 43.5 Å². The van der Waals surface area contributed by atoms with Crippen molar-refractivity contribution in [1.29, 1.82) is 0 Å². The lowest BCUT2D eigenvalue weighted by atomic mass is 10.1. The number of pyridine rings is 1. The number of rotatable bonds is 8. The van der Waals surface area contributed by atoms with Crippen molar-refractivity contribution in [1.82, 2.24) is 9.88 Å². The van der Waals surface area contributed by atoms with Crippen LogP contribution >= 0.6 is 11.8 Å². The number of nitrogens with zero attached hydrogens (tertiary/aromatic N) is 2. The van der Waals surface area contributed by atoms with Gasteiger partial charge in [0.05, 0.1) is 11.9 Å². The normalized spacial score (nSPS) is 16.6. The first kappa shape index (κ1) is 19.2. The van der Waals surface area contributed by atoms with Crippen LogP contribution in [0, 0.1) is 0 Å². The molecule has 140 valence electrons. The summed E-state index contributed by atoms with van der Waals surface area (Å²) in [6, 6.07) is 11.8. The second-order valence-electron chi connectivity index (χ2n) is 6.22. The molecule has 0 bridgehead atoms. The number of aromatic nitrogens is 1. The maximum absolute atomic E-state index is 12.1.